The first-order valence-corrected chi connectivity index (χ1v) is 5.43. The van der Waals surface area contributed by atoms with Crippen molar-refractivity contribution in [1.29, 1.82) is 0 Å². The number of ether oxygens (including phenoxy) is 2. The molecule has 1 rings (SSSR count). The summed E-state index contributed by atoms with van der Waals surface area (Å²) in [5.41, 5.74) is 0. The molecule has 2 unspecified atom stereocenters. The van der Waals surface area contributed by atoms with Crippen LogP contribution in [0.2, 0.25) is 0 Å². The molecule has 3 nitrogen and oxygen atoms in total. The van der Waals surface area contributed by atoms with E-state index in [1.54, 1.807) is 7.11 Å². The number of likely N-dealkylation sites (tertiary alicyclic amines) is 1. The van der Waals surface area contributed by atoms with Gasteiger partial charge in [-0.3, -0.25) is 4.90 Å². The topological polar surface area (TPSA) is 21.7 Å². The largest absolute Gasteiger partial charge is 0.380 e. The van der Waals surface area contributed by atoms with Crippen LogP contribution in [0.5, 0.6) is 0 Å². The minimum absolute atomic E-state index is 0.292. The normalized spacial score (nSPS) is 31.3. The molecule has 1 aliphatic heterocycles. The average Bonchev–Trinajstić information content (AvgIpc) is 2.45. The van der Waals surface area contributed by atoms with E-state index in [0.717, 1.165) is 13.0 Å². The Balaban J connectivity index is 2.43. The Morgan fingerprint density at radius 3 is 2.36 bits per heavy atom. The Morgan fingerprint density at radius 1 is 1.29 bits per heavy atom. The van der Waals surface area contributed by atoms with Gasteiger partial charge in [0.2, 0.25) is 0 Å². The SMILES string of the molecule is COC1CC([C@H](C)OC(C)C)N(C)C1. The van der Waals surface area contributed by atoms with E-state index in [-0.39, 0.29) is 0 Å². The molecule has 1 heterocycles. The quantitative estimate of drug-likeness (QED) is 0.688. The number of hydrogen-bond donors (Lipinski definition) is 0. The summed E-state index contributed by atoms with van der Waals surface area (Å²) in [5, 5.41) is 0. The predicted molar refractivity (Wildman–Crippen MR) is 57.5 cm³/mol. The standard InChI is InChI=1S/C11H23NO2/c1-8(2)14-9(3)11-6-10(13-5)7-12(11)4/h8-11H,6-7H2,1-5H3/t9-,10?,11?/m0/s1. The lowest BCUT2D eigenvalue weighted by atomic mass is 10.1. The molecule has 0 amide bonds. The van der Waals surface area contributed by atoms with Gasteiger partial charge in [-0.2, -0.15) is 0 Å². The predicted octanol–water partition coefficient (Wildman–Crippen LogP) is 1.52. The van der Waals surface area contributed by atoms with Gasteiger partial charge in [0.05, 0.1) is 18.3 Å². The average molecular weight is 201 g/mol. The van der Waals surface area contributed by atoms with Crippen LogP contribution in [0.3, 0.4) is 0 Å². The summed E-state index contributed by atoms with van der Waals surface area (Å²) in [6, 6.07) is 0.502. The van der Waals surface area contributed by atoms with Crippen LogP contribution < -0.4 is 0 Å². The Labute approximate surface area is 87.4 Å². The van der Waals surface area contributed by atoms with Gasteiger partial charge in [0.1, 0.15) is 0 Å². The second-order valence-corrected chi connectivity index (χ2v) is 4.49. The van der Waals surface area contributed by atoms with Crippen LogP contribution in [0.15, 0.2) is 0 Å². The van der Waals surface area contributed by atoms with Gasteiger partial charge < -0.3 is 9.47 Å². The molecule has 3 heteroatoms. The van der Waals surface area contributed by atoms with Crippen molar-refractivity contribution in [3.05, 3.63) is 0 Å². The molecule has 84 valence electrons. The molecule has 1 aliphatic rings. The Kier molecular flexibility index (Phi) is 4.35. The first-order valence-electron chi connectivity index (χ1n) is 5.43. The second-order valence-electron chi connectivity index (χ2n) is 4.49. The summed E-state index contributed by atoms with van der Waals surface area (Å²) in [4.78, 5) is 2.33. The lowest BCUT2D eigenvalue weighted by Gasteiger charge is -2.27. The zero-order chi connectivity index (χ0) is 10.7. The highest BCUT2D eigenvalue weighted by Crippen LogP contribution is 2.22. The molecule has 3 atom stereocenters. The van der Waals surface area contributed by atoms with Crippen LogP contribution in [-0.2, 0) is 9.47 Å². The lowest BCUT2D eigenvalue weighted by molar-refractivity contribution is -0.0207. The summed E-state index contributed by atoms with van der Waals surface area (Å²) in [6.07, 6.45) is 2.06. The summed E-state index contributed by atoms with van der Waals surface area (Å²) in [7, 11) is 3.93. The van der Waals surface area contributed by atoms with E-state index >= 15 is 0 Å². The van der Waals surface area contributed by atoms with Crippen LogP contribution in [0, 0.1) is 0 Å². The molecule has 1 saturated heterocycles. The van der Waals surface area contributed by atoms with Gasteiger partial charge in [0.25, 0.3) is 0 Å². The van der Waals surface area contributed by atoms with Crippen LogP contribution in [0.4, 0.5) is 0 Å². The smallest absolute Gasteiger partial charge is 0.0714 e. The molecular weight excluding hydrogens is 178 g/mol. The van der Waals surface area contributed by atoms with Crippen LogP contribution in [0.1, 0.15) is 27.2 Å². The van der Waals surface area contributed by atoms with E-state index in [0.29, 0.717) is 24.4 Å². The van der Waals surface area contributed by atoms with E-state index in [4.69, 9.17) is 9.47 Å². The van der Waals surface area contributed by atoms with Crippen LogP contribution >= 0.6 is 0 Å². The summed E-state index contributed by atoms with van der Waals surface area (Å²) in [6.45, 7) is 7.34. The molecule has 0 aromatic heterocycles. The second kappa shape index (κ2) is 5.10. The van der Waals surface area contributed by atoms with Crippen molar-refractivity contribution >= 4 is 0 Å². The van der Waals surface area contributed by atoms with Gasteiger partial charge >= 0.3 is 0 Å². The number of rotatable bonds is 4. The van der Waals surface area contributed by atoms with Gasteiger partial charge in [-0.15, -0.1) is 0 Å². The lowest BCUT2D eigenvalue weighted by Crippen LogP contribution is -2.37. The fraction of sp³-hybridized carbons (Fsp3) is 1.00. The maximum atomic E-state index is 5.80. The number of likely N-dealkylation sites (N-methyl/N-ethyl adjacent to an activating group) is 1. The maximum absolute atomic E-state index is 5.80. The van der Waals surface area contributed by atoms with Gasteiger partial charge in [-0.1, -0.05) is 0 Å². The fourth-order valence-corrected chi connectivity index (χ4v) is 2.22. The molecule has 1 fully saturated rings. The monoisotopic (exact) mass is 201 g/mol. The highest BCUT2D eigenvalue weighted by molar-refractivity contribution is 4.87. The molecule has 0 spiro atoms. The Hall–Kier alpha value is -0.120. The molecule has 0 aliphatic carbocycles. The zero-order valence-electron chi connectivity index (χ0n) is 9.99. The van der Waals surface area contributed by atoms with Crippen molar-refractivity contribution < 1.29 is 9.47 Å². The van der Waals surface area contributed by atoms with E-state index in [1.165, 1.54) is 0 Å². The van der Waals surface area contributed by atoms with Gasteiger partial charge in [0.15, 0.2) is 0 Å². The molecular formula is C11H23NO2. The molecule has 0 bridgehead atoms. The van der Waals surface area contributed by atoms with E-state index in [2.05, 4.69) is 32.7 Å². The van der Waals surface area contributed by atoms with Crippen molar-refractivity contribution in [3.63, 3.8) is 0 Å². The summed E-state index contributed by atoms with van der Waals surface area (Å²) >= 11 is 0. The van der Waals surface area contributed by atoms with Gasteiger partial charge in [-0.05, 0) is 34.2 Å². The number of methoxy groups -OCH3 is 1. The van der Waals surface area contributed by atoms with E-state index in [9.17, 15) is 0 Å². The molecule has 0 saturated carbocycles. The Bertz CT molecular complexity index is 173. The van der Waals surface area contributed by atoms with Gasteiger partial charge in [0, 0.05) is 19.7 Å². The zero-order valence-corrected chi connectivity index (χ0v) is 9.99. The number of hydrogen-bond acceptors (Lipinski definition) is 3. The molecule has 14 heavy (non-hydrogen) atoms. The highest BCUT2D eigenvalue weighted by Gasteiger charge is 2.33. The third-order valence-electron chi connectivity index (χ3n) is 2.92. The minimum atomic E-state index is 0.292. The first-order chi connectivity index (χ1) is 6.54. The minimum Gasteiger partial charge on any atom is -0.380 e. The first kappa shape index (κ1) is 12.0. The number of nitrogens with zero attached hydrogens (tertiary/aromatic N) is 1. The van der Waals surface area contributed by atoms with Crippen molar-refractivity contribution in [1.82, 2.24) is 4.90 Å². The molecule has 0 radical (unpaired) electrons. The van der Waals surface area contributed by atoms with Crippen LogP contribution in [-0.4, -0.2) is 50.0 Å². The summed E-state index contributed by atoms with van der Waals surface area (Å²) < 4.78 is 11.2. The molecule has 0 aromatic rings. The van der Waals surface area contributed by atoms with E-state index in [1.807, 2.05) is 0 Å². The summed E-state index contributed by atoms with van der Waals surface area (Å²) in [5.74, 6) is 0. The van der Waals surface area contributed by atoms with Crippen molar-refractivity contribution in [3.8, 4) is 0 Å². The molecule has 0 aromatic carbocycles. The maximum Gasteiger partial charge on any atom is 0.0714 e. The fourth-order valence-electron chi connectivity index (χ4n) is 2.22. The van der Waals surface area contributed by atoms with E-state index < -0.39 is 0 Å². The van der Waals surface area contributed by atoms with Crippen molar-refractivity contribution in [2.45, 2.75) is 51.5 Å². The van der Waals surface area contributed by atoms with Crippen LogP contribution in [0.25, 0.3) is 0 Å². The third-order valence-corrected chi connectivity index (χ3v) is 2.92. The highest BCUT2D eigenvalue weighted by atomic mass is 16.5. The van der Waals surface area contributed by atoms with Crippen molar-refractivity contribution in [2.75, 3.05) is 20.7 Å². The Morgan fingerprint density at radius 2 is 1.93 bits per heavy atom. The third kappa shape index (κ3) is 2.94. The van der Waals surface area contributed by atoms with Crippen molar-refractivity contribution in [2.24, 2.45) is 0 Å². The van der Waals surface area contributed by atoms with Gasteiger partial charge in [-0.25, -0.2) is 0 Å². The molecule has 0 N–H and O–H groups in total.